The topological polar surface area (TPSA) is 66.9 Å². The van der Waals surface area contributed by atoms with Crippen LogP contribution < -0.4 is 0 Å². The average Bonchev–Trinajstić information content (AvgIpc) is 2.70. The standard InChI is InChI=1S/C19H20ClFN2O4S/c1-22(13-15-5-6-16(21)12-18(15)20)19(24)14-3-2-4-17(11-14)28(25,26)23-7-9-27-10-8-23/h2-6,11-12H,7-10,13H2,1H3. The van der Waals surface area contributed by atoms with Crippen molar-refractivity contribution in [3.05, 3.63) is 64.4 Å². The van der Waals surface area contributed by atoms with E-state index in [2.05, 4.69) is 0 Å². The lowest BCUT2D eigenvalue weighted by atomic mass is 10.1. The van der Waals surface area contributed by atoms with Crippen LogP contribution in [0.1, 0.15) is 15.9 Å². The molecule has 28 heavy (non-hydrogen) atoms. The van der Waals surface area contributed by atoms with E-state index in [1.54, 1.807) is 19.2 Å². The molecule has 1 aliphatic rings. The molecule has 9 heteroatoms. The molecule has 6 nitrogen and oxygen atoms in total. The van der Waals surface area contributed by atoms with Crippen LogP contribution in [-0.4, -0.2) is 56.9 Å². The number of carbonyl (C=O) groups is 1. The number of morpholine rings is 1. The zero-order valence-electron chi connectivity index (χ0n) is 15.3. The lowest BCUT2D eigenvalue weighted by Crippen LogP contribution is -2.40. The van der Waals surface area contributed by atoms with Crippen molar-refractivity contribution in [2.75, 3.05) is 33.4 Å². The highest BCUT2D eigenvalue weighted by Gasteiger charge is 2.27. The Morgan fingerprint density at radius 3 is 2.61 bits per heavy atom. The zero-order chi connectivity index (χ0) is 20.3. The van der Waals surface area contributed by atoms with Gasteiger partial charge in [0.25, 0.3) is 5.91 Å². The van der Waals surface area contributed by atoms with Crippen LogP contribution in [0.5, 0.6) is 0 Å². The Bertz CT molecular complexity index is 978. The second-order valence-electron chi connectivity index (χ2n) is 6.44. The summed E-state index contributed by atoms with van der Waals surface area (Å²) < 4.78 is 45.3. The highest BCUT2D eigenvalue weighted by molar-refractivity contribution is 7.89. The first-order valence-electron chi connectivity index (χ1n) is 8.66. The van der Waals surface area contributed by atoms with E-state index in [0.29, 0.717) is 18.8 Å². The first-order chi connectivity index (χ1) is 13.3. The lowest BCUT2D eigenvalue weighted by molar-refractivity contribution is 0.0730. The summed E-state index contributed by atoms with van der Waals surface area (Å²) in [6.45, 7) is 1.42. The quantitative estimate of drug-likeness (QED) is 0.737. The first-order valence-corrected chi connectivity index (χ1v) is 10.5. The van der Waals surface area contributed by atoms with Gasteiger partial charge < -0.3 is 9.64 Å². The summed E-state index contributed by atoms with van der Waals surface area (Å²) >= 11 is 6.02. The molecule has 0 saturated carbocycles. The van der Waals surface area contributed by atoms with E-state index in [9.17, 15) is 17.6 Å². The van der Waals surface area contributed by atoms with E-state index in [1.165, 1.54) is 39.5 Å². The lowest BCUT2D eigenvalue weighted by Gasteiger charge is -2.26. The molecule has 2 aromatic carbocycles. The smallest absolute Gasteiger partial charge is 0.253 e. The molecule has 0 aromatic heterocycles. The minimum Gasteiger partial charge on any atom is -0.379 e. The molecule has 1 heterocycles. The number of halogens is 2. The Hall–Kier alpha value is -2.00. The van der Waals surface area contributed by atoms with Gasteiger partial charge in [-0.05, 0) is 35.9 Å². The van der Waals surface area contributed by atoms with Crippen LogP contribution >= 0.6 is 11.6 Å². The van der Waals surface area contributed by atoms with Crippen molar-refractivity contribution >= 4 is 27.5 Å². The number of hydrogen-bond donors (Lipinski definition) is 0. The maximum absolute atomic E-state index is 13.2. The molecule has 0 bridgehead atoms. The number of benzene rings is 2. The zero-order valence-corrected chi connectivity index (χ0v) is 16.8. The van der Waals surface area contributed by atoms with Crippen molar-refractivity contribution in [1.82, 2.24) is 9.21 Å². The Labute approximate surface area is 168 Å². The van der Waals surface area contributed by atoms with Gasteiger partial charge in [0.1, 0.15) is 5.82 Å². The number of amides is 1. The number of rotatable bonds is 5. The third-order valence-corrected chi connectivity index (χ3v) is 6.70. The molecule has 3 rings (SSSR count). The molecule has 0 aliphatic carbocycles. The largest absolute Gasteiger partial charge is 0.379 e. The summed E-state index contributed by atoms with van der Waals surface area (Å²) in [6.07, 6.45) is 0. The number of sulfonamides is 1. The molecular weight excluding hydrogens is 407 g/mol. The van der Waals surface area contributed by atoms with E-state index in [0.717, 1.165) is 0 Å². The highest BCUT2D eigenvalue weighted by Crippen LogP contribution is 2.21. The Morgan fingerprint density at radius 1 is 1.21 bits per heavy atom. The van der Waals surface area contributed by atoms with Gasteiger partial charge in [-0.3, -0.25) is 4.79 Å². The molecule has 0 unspecified atom stereocenters. The van der Waals surface area contributed by atoms with Crippen LogP contribution in [0.4, 0.5) is 4.39 Å². The first kappa shape index (κ1) is 20.7. The Morgan fingerprint density at radius 2 is 1.93 bits per heavy atom. The van der Waals surface area contributed by atoms with Crippen LogP contribution in [0, 0.1) is 5.82 Å². The highest BCUT2D eigenvalue weighted by atomic mass is 35.5. The van der Waals surface area contributed by atoms with Crippen LogP contribution in [0.15, 0.2) is 47.4 Å². The van der Waals surface area contributed by atoms with E-state index < -0.39 is 15.8 Å². The van der Waals surface area contributed by atoms with Gasteiger partial charge in [0.05, 0.1) is 18.1 Å². The van der Waals surface area contributed by atoms with E-state index in [4.69, 9.17) is 16.3 Å². The fourth-order valence-electron chi connectivity index (χ4n) is 2.92. The molecule has 0 spiro atoms. The van der Waals surface area contributed by atoms with E-state index >= 15 is 0 Å². The molecule has 1 amide bonds. The van der Waals surface area contributed by atoms with Crippen LogP contribution in [-0.2, 0) is 21.3 Å². The molecular formula is C19H20ClFN2O4S. The van der Waals surface area contributed by atoms with Crippen LogP contribution in [0.2, 0.25) is 5.02 Å². The normalized spacial score (nSPS) is 15.4. The van der Waals surface area contributed by atoms with Gasteiger partial charge in [-0.25, -0.2) is 12.8 Å². The van der Waals surface area contributed by atoms with Gasteiger partial charge in [-0.2, -0.15) is 4.31 Å². The molecule has 1 fully saturated rings. The van der Waals surface area contributed by atoms with Gasteiger partial charge in [0, 0.05) is 37.3 Å². The van der Waals surface area contributed by atoms with Crippen LogP contribution in [0.3, 0.4) is 0 Å². The van der Waals surface area contributed by atoms with Crippen molar-refractivity contribution in [3.63, 3.8) is 0 Å². The minimum absolute atomic E-state index is 0.0634. The van der Waals surface area contributed by atoms with Crippen LogP contribution in [0.25, 0.3) is 0 Å². The maximum atomic E-state index is 13.2. The third kappa shape index (κ3) is 4.52. The summed E-state index contributed by atoms with van der Waals surface area (Å²) in [6, 6.07) is 9.91. The van der Waals surface area contributed by atoms with Gasteiger partial charge in [-0.1, -0.05) is 23.7 Å². The second kappa shape index (κ2) is 8.57. The van der Waals surface area contributed by atoms with Crippen molar-refractivity contribution in [2.24, 2.45) is 0 Å². The fraction of sp³-hybridized carbons (Fsp3) is 0.316. The second-order valence-corrected chi connectivity index (χ2v) is 8.79. The summed E-state index contributed by atoms with van der Waals surface area (Å²) in [7, 11) is -2.12. The summed E-state index contributed by atoms with van der Waals surface area (Å²) in [5.74, 6) is -0.817. The molecule has 1 aliphatic heterocycles. The van der Waals surface area contributed by atoms with Crippen molar-refractivity contribution in [1.29, 1.82) is 0 Å². The number of nitrogens with zero attached hydrogens (tertiary/aromatic N) is 2. The van der Waals surface area contributed by atoms with Gasteiger partial charge >= 0.3 is 0 Å². The molecule has 150 valence electrons. The number of hydrogen-bond acceptors (Lipinski definition) is 4. The molecule has 1 saturated heterocycles. The molecule has 2 aromatic rings. The fourth-order valence-corrected chi connectivity index (χ4v) is 4.60. The predicted octanol–water partition coefficient (Wildman–Crippen LogP) is 2.77. The molecule has 0 radical (unpaired) electrons. The van der Waals surface area contributed by atoms with Crippen molar-refractivity contribution in [2.45, 2.75) is 11.4 Å². The van der Waals surface area contributed by atoms with E-state index in [1.807, 2.05) is 0 Å². The SMILES string of the molecule is CN(Cc1ccc(F)cc1Cl)C(=O)c1cccc(S(=O)(=O)N2CCOCC2)c1. The summed E-state index contributed by atoms with van der Waals surface area (Å²) in [4.78, 5) is 14.2. The number of carbonyl (C=O) groups excluding carboxylic acids is 1. The summed E-state index contributed by atoms with van der Waals surface area (Å²) in [5.41, 5.74) is 0.839. The molecule has 0 atom stereocenters. The van der Waals surface area contributed by atoms with Crippen molar-refractivity contribution in [3.8, 4) is 0 Å². The third-order valence-electron chi connectivity index (χ3n) is 4.46. The van der Waals surface area contributed by atoms with Gasteiger partial charge in [-0.15, -0.1) is 0 Å². The number of ether oxygens (including phenoxy) is 1. The Balaban J connectivity index is 1.79. The molecule has 0 N–H and O–H groups in total. The van der Waals surface area contributed by atoms with E-state index in [-0.39, 0.29) is 41.0 Å². The predicted molar refractivity (Wildman–Crippen MR) is 103 cm³/mol. The maximum Gasteiger partial charge on any atom is 0.253 e. The minimum atomic E-state index is -3.69. The van der Waals surface area contributed by atoms with Gasteiger partial charge in [0.2, 0.25) is 10.0 Å². The Kier molecular flexibility index (Phi) is 6.34. The monoisotopic (exact) mass is 426 g/mol. The summed E-state index contributed by atoms with van der Waals surface area (Å²) in [5, 5.41) is 0.225. The van der Waals surface area contributed by atoms with Gasteiger partial charge in [0.15, 0.2) is 0 Å². The van der Waals surface area contributed by atoms with Crippen molar-refractivity contribution < 1.29 is 22.3 Å². The average molecular weight is 427 g/mol.